The Bertz CT molecular complexity index is 589. The van der Waals surface area contributed by atoms with Gasteiger partial charge in [0.15, 0.2) is 0 Å². The Labute approximate surface area is 94.1 Å². The molecule has 0 spiro atoms. The zero-order valence-electron chi connectivity index (χ0n) is 9.17. The Balaban J connectivity index is 2.30. The predicted octanol–water partition coefficient (Wildman–Crippen LogP) is 1.73. The Hall–Kier alpha value is -1.79. The summed E-state index contributed by atoms with van der Waals surface area (Å²) in [5.41, 5.74) is 4.49. The predicted molar refractivity (Wildman–Crippen MR) is 63.3 cm³/mol. The van der Waals surface area contributed by atoms with Crippen LogP contribution in [0.1, 0.15) is 16.7 Å². The second-order valence-electron chi connectivity index (χ2n) is 4.33. The normalized spacial score (nSPS) is 18.6. The number of nitrogens with one attached hydrogen (secondary N) is 2. The van der Waals surface area contributed by atoms with E-state index in [1.807, 2.05) is 19.2 Å². The van der Waals surface area contributed by atoms with Gasteiger partial charge in [-0.3, -0.25) is 0 Å². The lowest BCUT2D eigenvalue weighted by Crippen LogP contribution is -2.32. The molecule has 0 radical (unpaired) electrons. The third-order valence-corrected chi connectivity index (χ3v) is 3.48. The van der Waals surface area contributed by atoms with Gasteiger partial charge >= 0.3 is 0 Å². The van der Waals surface area contributed by atoms with Gasteiger partial charge in [0.25, 0.3) is 0 Å². The van der Waals surface area contributed by atoms with Crippen molar-refractivity contribution >= 4 is 10.9 Å². The first kappa shape index (κ1) is 9.44. The molecule has 0 bridgehead atoms. The van der Waals surface area contributed by atoms with Crippen molar-refractivity contribution in [1.29, 1.82) is 5.26 Å². The van der Waals surface area contributed by atoms with Crippen LogP contribution in [0.25, 0.3) is 10.9 Å². The molecule has 0 saturated carbocycles. The number of nitriles is 1. The van der Waals surface area contributed by atoms with Crippen LogP contribution in [0.5, 0.6) is 0 Å². The highest BCUT2D eigenvalue weighted by Gasteiger charge is 2.22. The molecule has 1 unspecified atom stereocenters. The third-order valence-electron chi connectivity index (χ3n) is 3.48. The summed E-state index contributed by atoms with van der Waals surface area (Å²) in [6.07, 6.45) is 4.05. The van der Waals surface area contributed by atoms with Gasteiger partial charge < -0.3 is 10.3 Å². The lowest BCUT2D eigenvalue weighted by Gasteiger charge is -2.22. The highest BCUT2D eigenvalue weighted by Crippen LogP contribution is 2.31. The summed E-state index contributed by atoms with van der Waals surface area (Å²) in [6.45, 7) is 0. The van der Waals surface area contributed by atoms with Gasteiger partial charge in [-0.25, -0.2) is 0 Å². The summed E-state index contributed by atoms with van der Waals surface area (Å²) in [5, 5.41) is 13.7. The maximum Gasteiger partial charge on any atom is 0.0994 e. The monoisotopic (exact) mass is 211 g/mol. The highest BCUT2D eigenvalue weighted by molar-refractivity contribution is 5.89. The molecule has 80 valence electrons. The number of hydrogen-bond donors (Lipinski definition) is 2. The van der Waals surface area contributed by atoms with Gasteiger partial charge in [0.1, 0.15) is 0 Å². The summed E-state index contributed by atoms with van der Waals surface area (Å²) in [7, 11) is 1.98. The van der Waals surface area contributed by atoms with E-state index in [-0.39, 0.29) is 0 Å². The van der Waals surface area contributed by atoms with E-state index < -0.39 is 0 Å². The van der Waals surface area contributed by atoms with Crippen LogP contribution < -0.4 is 5.32 Å². The maximum atomic E-state index is 9.14. The van der Waals surface area contributed by atoms with Crippen molar-refractivity contribution in [3.8, 4) is 6.07 Å². The fourth-order valence-corrected chi connectivity index (χ4v) is 2.64. The molecule has 0 fully saturated rings. The number of hydrogen-bond acceptors (Lipinski definition) is 2. The largest absolute Gasteiger partial charge is 0.361 e. The highest BCUT2D eigenvalue weighted by atomic mass is 14.9. The Morgan fingerprint density at radius 2 is 2.31 bits per heavy atom. The molecule has 1 heterocycles. The lowest BCUT2D eigenvalue weighted by molar-refractivity contribution is 0.550. The quantitative estimate of drug-likeness (QED) is 0.754. The Morgan fingerprint density at radius 1 is 1.44 bits per heavy atom. The first-order valence-electron chi connectivity index (χ1n) is 5.52. The molecule has 0 amide bonds. The lowest BCUT2D eigenvalue weighted by atomic mass is 9.87. The van der Waals surface area contributed by atoms with E-state index in [0.717, 1.165) is 23.9 Å². The second kappa shape index (κ2) is 3.36. The zero-order chi connectivity index (χ0) is 11.1. The van der Waals surface area contributed by atoms with E-state index in [9.17, 15) is 0 Å². The molecule has 1 atom stereocenters. The molecule has 3 rings (SSSR count). The SMILES string of the molecule is CNC1Cc2c[nH]c3ccc(C#N)c(c23)C1. The average molecular weight is 211 g/mol. The Morgan fingerprint density at radius 3 is 3.06 bits per heavy atom. The number of aromatic nitrogens is 1. The van der Waals surface area contributed by atoms with Gasteiger partial charge in [0, 0.05) is 23.1 Å². The van der Waals surface area contributed by atoms with Gasteiger partial charge in [-0.1, -0.05) is 0 Å². The van der Waals surface area contributed by atoms with Crippen molar-refractivity contribution in [2.24, 2.45) is 0 Å². The summed E-state index contributed by atoms with van der Waals surface area (Å²) in [6, 6.07) is 6.65. The number of nitrogens with zero attached hydrogens (tertiary/aromatic N) is 1. The first-order chi connectivity index (χ1) is 7.83. The molecule has 3 nitrogen and oxygen atoms in total. The number of benzene rings is 1. The van der Waals surface area contributed by atoms with Crippen molar-refractivity contribution in [2.75, 3.05) is 7.05 Å². The van der Waals surface area contributed by atoms with Crippen molar-refractivity contribution in [1.82, 2.24) is 10.3 Å². The summed E-state index contributed by atoms with van der Waals surface area (Å²) < 4.78 is 0. The van der Waals surface area contributed by atoms with Crippen LogP contribution in [-0.4, -0.2) is 18.1 Å². The van der Waals surface area contributed by atoms with Crippen molar-refractivity contribution in [3.63, 3.8) is 0 Å². The minimum atomic E-state index is 0.445. The Kier molecular flexibility index (Phi) is 1.98. The van der Waals surface area contributed by atoms with Crippen LogP contribution in [0.3, 0.4) is 0 Å². The van der Waals surface area contributed by atoms with Gasteiger partial charge in [-0.05, 0) is 43.1 Å². The van der Waals surface area contributed by atoms with E-state index in [2.05, 4.69) is 22.6 Å². The van der Waals surface area contributed by atoms with Crippen LogP contribution in [0.4, 0.5) is 0 Å². The maximum absolute atomic E-state index is 9.14. The zero-order valence-corrected chi connectivity index (χ0v) is 9.17. The molecule has 1 aliphatic carbocycles. The minimum Gasteiger partial charge on any atom is -0.361 e. The topological polar surface area (TPSA) is 51.6 Å². The van der Waals surface area contributed by atoms with Gasteiger partial charge in [0.2, 0.25) is 0 Å². The molecule has 3 heteroatoms. The summed E-state index contributed by atoms with van der Waals surface area (Å²) >= 11 is 0. The number of H-pyrrole nitrogens is 1. The molecule has 16 heavy (non-hydrogen) atoms. The van der Waals surface area contributed by atoms with Gasteiger partial charge in [0.05, 0.1) is 11.6 Å². The summed E-state index contributed by atoms with van der Waals surface area (Å²) in [5.74, 6) is 0. The minimum absolute atomic E-state index is 0.445. The standard InChI is InChI=1S/C13H13N3/c1-15-10-4-9-7-16-12-3-2-8(6-14)11(5-10)13(9)12/h2-3,7,10,15-16H,4-5H2,1H3. The molecule has 1 aromatic heterocycles. The van der Waals surface area contributed by atoms with Gasteiger partial charge in [-0.15, -0.1) is 0 Å². The number of rotatable bonds is 1. The number of aromatic amines is 1. The van der Waals surface area contributed by atoms with E-state index >= 15 is 0 Å². The molecule has 2 N–H and O–H groups in total. The van der Waals surface area contributed by atoms with E-state index in [4.69, 9.17) is 5.26 Å². The van der Waals surface area contributed by atoms with Crippen molar-refractivity contribution < 1.29 is 0 Å². The fourth-order valence-electron chi connectivity index (χ4n) is 2.64. The number of likely N-dealkylation sites (N-methyl/N-ethyl adjacent to an activating group) is 1. The average Bonchev–Trinajstić information content (AvgIpc) is 2.74. The third kappa shape index (κ3) is 1.17. The van der Waals surface area contributed by atoms with Crippen LogP contribution in [0.2, 0.25) is 0 Å². The van der Waals surface area contributed by atoms with Crippen molar-refractivity contribution in [2.45, 2.75) is 18.9 Å². The van der Waals surface area contributed by atoms with Crippen LogP contribution in [0.15, 0.2) is 18.3 Å². The summed E-state index contributed by atoms with van der Waals surface area (Å²) in [4.78, 5) is 3.28. The van der Waals surface area contributed by atoms with E-state index in [1.165, 1.54) is 16.5 Å². The van der Waals surface area contributed by atoms with E-state index in [1.54, 1.807) is 0 Å². The smallest absolute Gasteiger partial charge is 0.0994 e. The molecule has 0 saturated heterocycles. The molecular weight excluding hydrogens is 198 g/mol. The van der Waals surface area contributed by atoms with Crippen LogP contribution in [0, 0.1) is 11.3 Å². The first-order valence-corrected chi connectivity index (χ1v) is 5.52. The van der Waals surface area contributed by atoms with Crippen LogP contribution >= 0.6 is 0 Å². The van der Waals surface area contributed by atoms with Crippen molar-refractivity contribution in [3.05, 3.63) is 35.0 Å². The van der Waals surface area contributed by atoms with Crippen LogP contribution in [-0.2, 0) is 12.8 Å². The molecule has 1 aromatic carbocycles. The second-order valence-corrected chi connectivity index (χ2v) is 4.33. The molecule has 2 aromatic rings. The molecular formula is C13H13N3. The van der Waals surface area contributed by atoms with E-state index in [0.29, 0.717) is 6.04 Å². The molecule has 1 aliphatic rings. The fraction of sp³-hybridized carbons (Fsp3) is 0.308. The molecule has 0 aliphatic heterocycles. The van der Waals surface area contributed by atoms with Gasteiger partial charge in [-0.2, -0.15) is 5.26 Å².